The summed E-state index contributed by atoms with van der Waals surface area (Å²) in [6.45, 7) is 8.00. The number of rotatable bonds is 3. The summed E-state index contributed by atoms with van der Waals surface area (Å²) in [5.74, 6) is -1.99. The second kappa shape index (κ2) is 10.4. The first-order valence-corrected chi connectivity index (χ1v) is 11.0. The zero-order chi connectivity index (χ0) is 22.2. The number of carbonyl (C=O) groups excluding carboxylic acids is 1. The molecule has 0 radical (unpaired) electrons. The van der Waals surface area contributed by atoms with E-state index in [1.54, 1.807) is 18.2 Å². The van der Waals surface area contributed by atoms with Gasteiger partial charge >= 0.3 is 12.1 Å². The van der Waals surface area contributed by atoms with Crippen LogP contribution in [0.1, 0.15) is 51.3 Å². The predicted octanol–water partition coefficient (Wildman–Crippen LogP) is 5.24. The van der Waals surface area contributed by atoms with Gasteiger partial charge in [0.2, 0.25) is 9.84 Å². The van der Waals surface area contributed by atoms with Crippen molar-refractivity contribution in [2.45, 2.75) is 62.5 Å². The Bertz CT molecular complexity index is 911. The molecule has 0 heterocycles. The average Bonchev–Trinajstić information content (AvgIpc) is 3.13. The molecule has 0 aromatic heterocycles. The van der Waals surface area contributed by atoms with E-state index in [4.69, 9.17) is 0 Å². The molecule has 0 saturated carbocycles. The molecular weight excluding hydrogens is 403 g/mol. The fraction of sp³-hybridized carbons (Fsp3) is 0.381. The summed E-state index contributed by atoms with van der Waals surface area (Å²) >= 11 is 0. The minimum Gasteiger partial charge on any atom is -0.341 e. The molecule has 1 amide bonds. The molecule has 29 heavy (non-hydrogen) atoms. The third-order valence-corrected chi connectivity index (χ3v) is 5.89. The van der Waals surface area contributed by atoms with Gasteiger partial charge in [-0.15, -0.1) is 0 Å². The number of alkyl halides is 3. The number of carbonyl (C=O) groups is 1. The Morgan fingerprint density at radius 2 is 1.55 bits per heavy atom. The number of benzene rings is 2. The van der Waals surface area contributed by atoms with E-state index in [9.17, 15) is 26.4 Å². The van der Waals surface area contributed by atoms with Gasteiger partial charge in [-0.2, -0.15) is 13.2 Å². The van der Waals surface area contributed by atoms with Crippen molar-refractivity contribution >= 4 is 15.7 Å². The van der Waals surface area contributed by atoms with Crippen molar-refractivity contribution in [3.05, 3.63) is 59.7 Å². The van der Waals surface area contributed by atoms with Crippen LogP contribution in [0.4, 0.5) is 13.2 Å². The molecule has 160 valence electrons. The molecule has 2 aromatic carbocycles. The Balaban J connectivity index is 0.000000989. The number of aryl methyl sites for hydroxylation is 1. The smallest absolute Gasteiger partial charge is 0.341 e. The summed E-state index contributed by atoms with van der Waals surface area (Å²) in [6.07, 6.45) is -4.25. The summed E-state index contributed by atoms with van der Waals surface area (Å²) in [4.78, 5) is 11.3. The minimum absolute atomic E-state index is 0.0836. The van der Waals surface area contributed by atoms with Crippen molar-refractivity contribution in [3.63, 3.8) is 0 Å². The van der Waals surface area contributed by atoms with E-state index in [1.807, 2.05) is 33.0 Å². The van der Waals surface area contributed by atoms with Crippen LogP contribution in [-0.2, 0) is 21.1 Å². The largest absolute Gasteiger partial charge is 0.471 e. The SMILES string of the molecule is CC.CC.O=C(NC1CCc2cc(S(=O)(=O)c3ccccc3)ccc21)C(F)(F)F. The number of hydrogen-bond donors (Lipinski definition) is 1. The molecule has 1 aliphatic carbocycles. The first-order valence-electron chi connectivity index (χ1n) is 9.50. The van der Waals surface area contributed by atoms with Gasteiger partial charge in [0.1, 0.15) is 0 Å². The number of sulfone groups is 1. The summed E-state index contributed by atoms with van der Waals surface area (Å²) in [6, 6.07) is 11.4. The molecule has 0 fully saturated rings. The van der Waals surface area contributed by atoms with Crippen molar-refractivity contribution in [2.75, 3.05) is 0 Å². The molecule has 8 heteroatoms. The van der Waals surface area contributed by atoms with E-state index in [-0.39, 0.29) is 9.79 Å². The van der Waals surface area contributed by atoms with Crippen LogP contribution >= 0.6 is 0 Å². The molecule has 0 spiro atoms. The summed E-state index contributed by atoms with van der Waals surface area (Å²) in [5, 5.41) is 1.95. The average molecular weight is 430 g/mol. The van der Waals surface area contributed by atoms with Gasteiger partial charge in [-0.05, 0) is 48.2 Å². The molecule has 0 aliphatic heterocycles. The summed E-state index contributed by atoms with van der Waals surface area (Å²) in [5.41, 5.74) is 1.15. The summed E-state index contributed by atoms with van der Waals surface area (Å²) in [7, 11) is -3.69. The van der Waals surface area contributed by atoms with Gasteiger partial charge in [0.25, 0.3) is 0 Å². The van der Waals surface area contributed by atoms with Crippen LogP contribution in [0.15, 0.2) is 58.3 Å². The minimum atomic E-state index is -4.95. The first kappa shape index (κ1) is 24.7. The van der Waals surface area contributed by atoms with Crippen LogP contribution in [0.3, 0.4) is 0 Å². The van der Waals surface area contributed by atoms with Crippen LogP contribution in [0, 0.1) is 0 Å². The van der Waals surface area contributed by atoms with Crippen molar-refractivity contribution in [2.24, 2.45) is 0 Å². The zero-order valence-corrected chi connectivity index (χ0v) is 17.7. The maximum absolute atomic E-state index is 12.6. The third kappa shape index (κ3) is 5.82. The normalized spacial score (nSPS) is 15.2. The van der Waals surface area contributed by atoms with Gasteiger partial charge in [0.05, 0.1) is 15.8 Å². The highest BCUT2D eigenvalue weighted by atomic mass is 32.2. The van der Waals surface area contributed by atoms with Crippen LogP contribution in [0.2, 0.25) is 0 Å². The highest BCUT2D eigenvalue weighted by Crippen LogP contribution is 2.34. The second-order valence-corrected chi connectivity index (χ2v) is 7.69. The topological polar surface area (TPSA) is 63.2 Å². The molecule has 0 bridgehead atoms. The molecule has 0 saturated heterocycles. The zero-order valence-electron chi connectivity index (χ0n) is 16.9. The quantitative estimate of drug-likeness (QED) is 0.726. The number of amides is 1. The number of hydrogen-bond acceptors (Lipinski definition) is 3. The number of fused-ring (bicyclic) bond motifs is 1. The van der Waals surface area contributed by atoms with Crippen molar-refractivity contribution in [3.8, 4) is 0 Å². The third-order valence-electron chi connectivity index (χ3n) is 4.12. The monoisotopic (exact) mass is 429 g/mol. The second-order valence-electron chi connectivity index (χ2n) is 5.74. The van der Waals surface area contributed by atoms with Gasteiger partial charge in [-0.1, -0.05) is 52.0 Å². The standard InChI is InChI=1S/C17H14F3NO3S.2C2H6/c18-17(19,20)16(22)21-15-9-6-11-10-13(7-8-14(11)15)25(23,24)12-4-2-1-3-5-12;2*1-2/h1-5,7-8,10,15H,6,9H2,(H,21,22);2*1-2H3. The van der Waals surface area contributed by atoms with E-state index < -0.39 is 28.0 Å². The predicted molar refractivity (Wildman–Crippen MR) is 106 cm³/mol. The Hall–Kier alpha value is -2.35. The van der Waals surface area contributed by atoms with Gasteiger partial charge in [-0.3, -0.25) is 4.79 Å². The fourth-order valence-corrected chi connectivity index (χ4v) is 4.22. The molecule has 1 atom stereocenters. The number of nitrogens with one attached hydrogen (secondary N) is 1. The Morgan fingerprint density at radius 1 is 0.966 bits per heavy atom. The Kier molecular flexibility index (Phi) is 8.88. The Morgan fingerprint density at radius 3 is 2.10 bits per heavy atom. The van der Waals surface area contributed by atoms with Gasteiger partial charge in [-0.25, -0.2) is 8.42 Å². The van der Waals surface area contributed by atoms with Gasteiger partial charge < -0.3 is 5.32 Å². The highest BCUT2D eigenvalue weighted by molar-refractivity contribution is 7.91. The van der Waals surface area contributed by atoms with Crippen molar-refractivity contribution in [1.29, 1.82) is 0 Å². The molecule has 1 unspecified atom stereocenters. The van der Waals surface area contributed by atoms with Crippen LogP contribution in [0.5, 0.6) is 0 Å². The van der Waals surface area contributed by atoms with Crippen molar-refractivity contribution in [1.82, 2.24) is 5.32 Å². The first-order chi connectivity index (χ1) is 13.7. The maximum Gasteiger partial charge on any atom is 0.471 e. The van der Waals surface area contributed by atoms with Crippen LogP contribution in [0.25, 0.3) is 0 Å². The van der Waals surface area contributed by atoms with Crippen LogP contribution in [-0.4, -0.2) is 20.5 Å². The molecule has 2 aromatic rings. The van der Waals surface area contributed by atoms with E-state index >= 15 is 0 Å². The molecule has 4 nitrogen and oxygen atoms in total. The molecule has 3 rings (SSSR count). The molecular formula is C21H26F3NO3S. The maximum atomic E-state index is 12.6. The van der Waals surface area contributed by atoms with Gasteiger partial charge in [0, 0.05) is 0 Å². The lowest BCUT2D eigenvalue weighted by molar-refractivity contribution is -0.174. The number of halogens is 3. The van der Waals surface area contributed by atoms with E-state index in [0.29, 0.717) is 24.0 Å². The fourth-order valence-electron chi connectivity index (χ4n) is 2.89. The van der Waals surface area contributed by atoms with E-state index in [1.165, 1.54) is 30.3 Å². The molecule has 1 N–H and O–H groups in total. The van der Waals surface area contributed by atoms with Crippen molar-refractivity contribution < 1.29 is 26.4 Å². The Labute approximate surface area is 170 Å². The molecule has 1 aliphatic rings. The lowest BCUT2D eigenvalue weighted by atomic mass is 10.1. The lowest BCUT2D eigenvalue weighted by Gasteiger charge is -2.15. The van der Waals surface area contributed by atoms with Crippen LogP contribution < -0.4 is 5.32 Å². The highest BCUT2D eigenvalue weighted by Gasteiger charge is 2.40. The van der Waals surface area contributed by atoms with E-state index in [2.05, 4.69) is 0 Å². The lowest BCUT2D eigenvalue weighted by Crippen LogP contribution is -2.38. The van der Waals surface area contributed by atoms with E-state index in [0.717, 1.165) is 0 Å². The van der Waals surface area contributed by atoms with Gasteiger partial charge in [0.15, 0.2) is 0 Å². The summed E-state index contributed by atoms with van der Waals surface area (Å²) < 4.78 is 62.4.